The zero-order valence-corrected chi connectivity index (χ0v) is 19.1. The first-order valence-electron chi connectivity index (χ1n) is 11.1. The van der Waals surface area contributed by atoms with Gasteiger partial charge in [-0.25, -0.2) is 17.5 Å². The van der Waals surface area contributed by atoms with Crippen molar-refractivity contribution in [1.82, 2.24) is 14.5 Å². The van der Waals surface area contributed by atoms with Crippen molar-refractivity contribution in [3.8, 4) is 0 Å². The second-order valence-corrected chi connectivity index (χ2v) is 10.5. The van der Waals surface area contributed by atoms with E-state index in [9.17, 15) is 23.1 Å². The molecule has 2 fully saturated rings. The molecular formula is C22H33N3O5S. The number of carboxylic acids is 1. The molecule has 2 aliphatic rings. The Morgan fingerprint density at radius 1 is 1.23 bits per heavy atom. The summed E-state index contributed by atoms with van der Waals surface area (Å²) in [6, 6.07) is 8.15. The summed E-state index contributed by atoms with van der Waals surface area (Å²) >= 11 is 0. The molecule has 0 saturated carbocycles. The minimum absolute atomic E-state index is 0.121. The molecule has 31 heavy (non-hydrogen) atoms. The minimum Gasteiger partial charge on any atom is -0.480 e. The molecule has 3 rings (SSSR count). The zero-order chi connectivity index (χ0) is 22.6. The Balaban J connectivity index is 1.84. The van der Waals surface area contributed by atoms with Gasteiger partial charge in [0.05, 0.1) is 17.5 Å². The number of sulfonamides is 1. The monoisotopic (exact) mass is 451 g/mol. The molecule has 1 spiro atoms. The normalized spacial score (nSPS) is 22.7. The number of hydrogen-bond acceptors (Lipinski definition) is 5. The summed E-state index contributed by atoms with van der Waals surface area (Å²) in [6.45, 7) is 4.26. The van der Waals surface area contributed by atoms with Gasteiger partial charge < -0.3 is 10.0 Å². The highest BCUT2D eigenvalue weighted by Crippen LogP contribution is 2.36. The lowest BCUT2D eigenvalue weighted by atomic mass is 9.95. The molecule has 0 aromatic heterocycles. The van der Waals surface area contributed by atoms with Crippen LogP contribution in [0.4, 0.5) is 0 Å². The van der Waals surface area contributed by atoms with E-state index in [0.29, 0.717) is 32.1 Å². The van der Waals surface area contributed by atoms with Gasteiger partial charge in [-0.1, -0.05) is 50.6 Å². The van der Waals surface area contributed by atoms with Gasteiger partial charge in [-0.2, -0.15) is 0 Å². The summed E-state index contributed by atoms with van der Waals surface area (Å²) in [6.07, 6.45) is 2.92. The van der Waals surface area contributed by atoms with Gasteiger partial charge in [-0.15, -0.1) is 0 Å². The van der Waals surface area contributed by atoms with E-state index in [1.165, 1.54) is 9.21 Å². The number of amides is 1. The molecule has 1 aromatic carbocycles. The fourth-order valence-electron chi connectivity index (χ4n) is 4.72. The number of carboxylic acid groups (broad SMARTS) is 1. The lowest BCUT2D eigenvalue weighted by Crippen LogP contribution is -2.63. The molecule has 2 atom stereocenters. The van der Waals surface area contributed by atoms with Crippen LogP contribution in [0.25, 0.3) is 0 Å². The highest BCUT2D eigenvalue weighted by atomic mass is 32.2. The summed E-state index contributed by atoms with van der Waals surface area (Å²) in [5, 5.41) is 13.2. The van der Waals surface area contributed by atoms with Gasteiger partial charge in [0.1, 0.15) is 6.04 Å². The molecule has 2 N–H and O–H groups in total. The van der Waals surface area contributed by atoms with E-state index in [0.717, 1.165) is 12.0 Å². The fraction of sp³-hybridized carbons (Fsp3) is 0.636. The van der Waals surface area contributed by atoms with Gasteiger partial charge in [-0.3, -0.25) is 10.1 Å². The van der Waals surface area contributed by atoms with Gasteiger partial charge in [0.25, 0.3) is 0 Å². The van der Waals surface area contributed by atoms with Gasteiger partial charge in [0.2, 0.25) is 15.9 Å². The van der Waals surface area contributed by atoms with Crippen LogP contribution in [-0.2, 0) is 26.0 Å². The van der Waals surface area contributed by atoms with E-state index in [1.54, 1.807) is 6.92 Å². The van der Waals surface area contributed by atoms with E-state index >= 15 is 0 Å². The van der Waals surface area contributed by atoms with Crippen LogP contribution in [-0.4, -0.2) is 71.2 Å². The van der Waals surface area contributed by atoms with Gasteiger partial charge in [0, 0.05) is 13.1 Å². The third-order valence-corrected chi connectivity index (χ3v) is 8.36. The lowest BCUT2D eigenvalue weighted by molar-refractivity contribution is -0.154. The van der Waals surface area contributed by atoms with E-state index < -0.39 is 33.7 Å². The topological polar surface area (TPSA) is 107 Å². The average Bonchev–Trinajstić information content (AvgIpc) is 2.99. The summed E-state index contributed by atoms with van der Waals surface area (Å²) in [7, 11) is -3.34. The van der Waals surface area contributed by atoms with Gasteiger partial charge in [0.15, 0.2) is 0 Å². The molecule has 1 aromatic rings. The van der Waals surface area contributed by atoms with Gasteiger partial charge >= 0.3 is 5.97 Å². The largest absolute Gasteiger partial charge is 0.480 e. The molecule has 0 aliphatic carbocycles. The third-order valence-electron chi connectivity index (χ3n) is 6.40. The number of nitrogens with one attached hydrogen (secondary N) is 1. The molecule has 0 bridgehead atoms. The first kappa shape index (κ1) is 23.7. The average molecular weight is 452 g/mol. The van der Waals surface area contributed by atoms with Crippen LogP contribution in [0.1, 0.15) is 51.5 Å². The van der Waals surface area contributed by atoms with Crippen LogP contribution in [0, 0.1) is 0 Å². The molecule has 9 heteroatoms. The van der Waals surface area contributed by atoms with Crippen LogP contribution >= 0.6 is 0 Å². The molecule has 8 nitrogen and oxygen atoms in total. The maximum Gasteiger partial charge on any atom is 0.326 e. The summed E-state index contributed by atoms with van der Waals surface area (Å²) in [4.78, 5) is 26.8. The molecular weight excluding hydrogens is 418 g/mol. The minimum atomic E-state index is -3.34. The Morgan fingerprint density at radius 3 is 2.42 bits per heavy atom. The van der Waals surface area contributed by atoms with Crippen LogP contribution in [0.15, 0.2) is 30.3 Å². The standard InChI is InChI=1S/C22H33N3O5S/c1-3-5-15-31(29,30)24-13-11-22(12-14-24)23-18(16-17-9-7-6-8-10-17)20(26)25(22)19(4-2)21(27)28/h6-10,18-19,23H,3-5,11-16H2,1-2H3,(H,27,28). The van der Waals surface area contributed by atoms with Crippen molar-refractivity contribution in [2.24, 2.45) is 0 Å². The lowest BCUT2D eigenvalue weighted by Gasteiger charge is -2.46. The first-order valence-corrected chi connectivity index (χ1v) is 12.7. The zero-order valence-electron chi connectivity index (χ0n) is 18.3. The third kappa shape index (κ3) is 4.94. The molecule has 172 valence electrons. The van der Waals surface area contributed by atoms with Gasteiger partial charge in [-0.05, 0) is 37.7 Å². The maximum absolute atomic E-state index is 13.4. The van der Waals surface area contributed by atoms with Crippen molar-refractivity contribution < 1.29 is 23.1 Å². The van der Waals surface area contributed by atoms with Crippen molar-refractivity contribution in [3.63, 3.8) is 0 Å². The van der Waals surface area contributed by atoms with Crippen molar-refractivity contribution >= 4 is 21.9 Å². The smallest absolute Gasteiger partial charge is 0.326 e. The van der Waals surface area contributed by atoms with E-state index in [4.69, 9.17) is 0 Å². The quantitative estimate of drug-likeness (QED) is 0.593. The summed E-state index contributed by atoms with van der Waals surface area (Å²) in [5.41, 5.74) is 0.153. The highest BCUT2D eigenvalue weighted by Gasteiger charge is 2.55. The predicted octanol–water partition coefficient (Wildman–Crippen LogP) is 1.81. The Hall–Kier alpha value is -1.97. The number of carbonyl (C=O) groups is 2. The number of carbonyl (C=O) groups excluding carboxylic acids is 1. The summed E-state index contributed by atoms with van der Waals surface area (Å²) in [5.74, 6) is -1.13. The number of hydrogen-bond donors (Lipinski definition) is 2. The van der Waals surface area contributed by atoms with E-state index in [-0.39, 0.29) is 24.7 Å². The predicted molar refractivity (Wildman–Crippen MR) is 118 cm³/mol. The van der Waals surface area contributed by atoms with Crippen molar-refractivity contribution in [1.29, 1.82) is 0 Å². The molecule has 2 heterocycles. The Labute approximate surface area is 184 Å². The fourth-order valence-corrected chi connectivity index (χ4v) is 6.37. The van der Waals surface area contributed by atoms with Crippen molar-refractivity contribution in [2.75, 3.05) is 18.8 Å². The van der Waals surface area contributed by atoms with Crippen LogP contribution in [0.2, 0.25) is 0 Å². The molecule has 2 aliphatic heterocycles. The molecule has 0 radical (unpaired) electrons. The Morgan fingerprint density at radius 2 is 1.87 bits per heavy atom. The number of benzene rings is 1. The van der Waals surface area contributed by atoms with Crippen LogP contribution in [0.5, 0.6) is 0 Å². The van der Waals surface area contributed by atoms with Crippen LogP contribution < -0.4 is 5.32 Å². The Bertz CT molecular complexity index is 882. The highest BCUT2D eigenvalue weighted by molar-refractivity contribution is 7.89. The number of piperidine rings is 1. The second kappa shape index (κ2) is 9.67. The molecule has 2 unspecified atom stereocenters. The van der Waals surface area contributed by atoms with Crippen molar-refractivity contribution in [3.05, 3.63) is 35.9 Å². The van der Waals surface area contributed by atoms with E-state index in [1.807, 2.05) is 37.3 Å². The number of rotatable bonds is 9. The molecule has 2 saturated heterocycles. The SMILES string of the molecule is CCCCS(=O)(=O)N1CCC2(CC1)NC(Cc1ccccc1)C(=O)N2C(CC)C(=O)O. The number of unbranched alkanes of at least 4 members (excludes halogenated alkanes) is 1. The Kier molecular flexibility index (Phi) is 7.39. The molecule has 1 amide bonds. The number of aliphatic carboxylic acids is 1. The number of nitrogens with zero attached hydrogens (tertiary/aromatic N) is 2. The van der Waals surface area contributed by atoms with Crippen molar-refractivity contribution in [2.45, 2.75) is 70.1 Å². The van der Waals surface area contributed by atoms with Crippen LogP contribution in [0.3, 0.4) is 0 Å². The first-order chi connectivity index (χ1) is 14.7. The summed E-state index contributed by atoms with van der Waals surface area (Å²) < 4.78 is 26.7. The maximum atomic E-state index is 13.4. The van der Waals surface area contributed by atoms with E-state index in [2.05, 4.69) is 5.32 Å². The second-order valence-electron chi connectivity index (χ2n) is 8.46.